The van der Waals surface area contributed by atoms with E-state index in [1.165, 1.54) is 23.5 Å². The Kier molecular flexibility index (Phi) is 6.02. The molecule has 146 valence electrons. The first-order chi connectivity index (χ1) is 13.3. The molecule has 8 nitrogen and oxygen atoms in total. The van der Waals surface area contributed by atoms with E-state index in [0.717, 1.165) is 11.1 Å². The summed E-state index contributed by atoms with van der Waals surface area (Å²) < 4.78 is 22.5. The van der Waals surface area contributed by atoms with E-state index >= 15 is 0 Å². The average molecular weight is 418 g/mol. The van der Waals surface area contributed by atoms with Crippen molar-refractivity contribution in [1.82, 2.24) is 15.3 Å². The van der Waals surface area contributed by atoms with Gasteiger partial charge >= 0.3 is 0 Å². The van der Waals surface area contributed by atoms with Gasteiger partial charge in [0.15, 0.2) is 5.13 Å². The predicted molar refractivity (Wildman–Crippen MR) is 108 cm³/mol. The van der Waals surface area contributed by atoms with Gasteiger partial charge in [0.2, 0.25) is 15.9 Å². The van der Waals surface area contributed by atoms with Gasteiger partial charge < -0.3 is 10.6 Å². The van der Waals surface area contributed by atoms with Gasteiger partial charge in [-0.2, -0.15) is 0 Å². The maximum atomic E-state index is 12.1. The van der Waals surface area contributed by atoms with Gasteiger partial charge in [0, 0.05) is 18.1 Å². The van der Waals surface area contributed by atoms with Crippen LogP contribution in [0.25, 0.3) is 0 Å². The standard InChI is InChI=1S/C18H19N5O3S2/c1-12-6-7-20-16(8-12)23-18-22-14(11-27-18)9-17(24)21-10-13-2-4-15(5-3-13)28(19,25)26/h2-8,11H,9-10H2,1H3,(H,21,24)(H2,19,25,26)(H,20,22,23). The fourth-order valence-electron chi connectivity index (χ4n) is 2.38. The Morgan fingerprint density at radius 2 is 1.96 bits per heavy atom. The van der Waals surface area contributed by atoms with Crippen LogP contribution in [-0.4, -0.2) is 24.3 Å². The zero-order valence-electron chi connectivity index (χ0n) is 15.0. The fraction of sp³-hybridized carbons (Fsp3) is 0.167. The number of amides is 1. The second kappa shape index (κ2) is 8.46. The number of hydrogen-bond acceptors (Lipinski definition) is 7. The number of nitrogens with two attached hydrogens (primary N) is 1. The van der Waals surface area contributed by atoms with Crippen molar-refractivity contribution in [2.24, 2.45) is 5.14 Å². The summed E-state index contributed by atoms with van der Waals surface area (Å²) >= 11 is 1.40. The zero-order valence-corrected chi connectivity index (χ0v) is 16.7. The molecule has 0 unspecified atom stereocenters. The molecule has 0 aliphatic heterocycles. The zero-order chi connectivity index (χ0) is 20.1. The Bertz CT molecular complexity index is 1080. The number of anilines is 2. The number of hydrogen-bond donors (Lipinski definition) is 3. The van der Waals surface area contributed by atoms with Crippen LogP contribution >= 0.6 is 11.3 Å². The molecule has 2 heterocycles. The monoisotopic (exact) mass is 417 g/mol. The third kappa shape index (κ3) is 5.59. The van der Waals surface area contributed by atoms with Gasteiger partial charge in [-0.25, -0.2) is 23.5 Å². The molecule has 0 bridgehead atoms. The van der Waals surface area contributed by atoms with E-state index in [-0.39, 0.29) is 23.8 Å². The highest BCUT2D eigenvalue weighted by atomic mass is 32.2. The molecule has 0 atom stereocenters. The molecule has 0 fully saturated rings. The highest BCUT2D eigenvalue weighted by Crippen LogP contribution is 2.20. The number of carbonyl (C=O) groups excluding carboxylic acids is 1. The molecule has 0 aliphatic carbocycles. The first kappa shape index (κ1) is 19.9. The second-order valence-electron chi connectivity index (χ2n) is 6.13. The number of sulfonamides is 1. The van der Waals surface area contributed by atoms with Gasteiger partial charge in [0.05, 0.1) is 17.0 Å². The third-order valence-corrected chi connectivity index (χ3v) is 5.52. The summed E-state index contributed by atoms with van der Waals surface area (Å²) in [6.07, 6.45) is 1.86. The summed E-state index contributed by atoms with van der Waals surface area (Å²) in [4.78, 5) is 20.8. The smallest absolute Gasteiger partial charge is 0.238 e. The second-order valence-corrected chi connectivity index (χ2v) is 8.55. The molecule has 0 aliphatic rings. The van der Waals surface area contributed by atoms with Crippen molar-refractivity contribution in [3.05, 3.63) is 64.8 Å². The minimum absolute atomic E-state index is 0.0354. The van der Waals surface area contributed by atoms with Crippen LogP contribution in [0.3, 0.4) is 0 Å². The summed E-state index contributed by atoms with van der Waals surface area (Å²) in [5.74, 6) is 0.523. The van der Waals surface area contributed by atoms with Gasteiger partial charge in [0.1, 0.15) is 5.82 Å². The number of rotatable bonds is 7. The lowest BCUT2D eigenvalue weighted by Gasteiger charge is -2.05. The molecule has 3 rings (SSSR count). The molecule has 0 saturated carbocycles. The number of carbonyl (C=O) groups is 1. The normalized spacial score (nSPS) is 11.2. The number of thiazole rings is 1. The lowest BCUT2D eigenvalue weighted by molar-refractivity contribution is -0.120. The van der Waals surface area contributed by atoms with Crippen molar-refractivity contribution in [3.63, 3.8) is 0 Å². The van der Waals surface area contributed by atoms with Crippen molar-refractivity contribution < 1.29 is 13.2 Å². The average Bonchev–Trinajstić information content (AvgIpc) is 3.06. The van der Waals surface area contributed by atoms with Crippen LogP contribution in [0.15, 0.2) is 52.9 Å². The van der Waals surface area contributed by atoms with Crippen molar-refractivity contribution in [1.29, 1.82) is 0 Å². The summed E-state index contributed by atoms with van der Waals surface area (Å²) in [5.41, 5.74) is 2.51. The van der Waals surface area contributed by atoms with Gasteiger partial charge in [-0.05, 0) is 42.3 Å². The summed E-state index contributed by atoms with van der Waals surface area (Å²) in [6, 6.07) is 9.86. The number of nitrogens with one attached hydrogen (secondary N) is 2. The highest BCUT2D eigenvalue weighted by molar-refractivity contribution is 7.89. The maximum absolute atomic E-state index is 12.1. The van der Waals surface area contributed by atoms with E-state index < -0.39 is 10.0 Å². The van der Waals surface area contributed by atoms with Gasteiger partial charge in [0.25, 0.3) is 0 Å². The van der Waals surface area contributed by atoms with Crippen molar-refractivity contribution in [3.8, 4) is 0 Å². The van der Waals surface area contributed by atoms with Crippen molar-refractivity contribution >= 4 is 38.2 Å². The maximum Gasteiger partial charge on any atom is 0.238 e. The minimum atomic E-state index is -3.72. The van der Waals surface area contributed by atoms with E-state index in [1.807, 2.05) is 24.4 Å². The molecule has 3 aromatic rings. The Morgan fingerprint density at radius 1 is 1.21 bits per heavy atom. The quantitative estimate of drug-likeness (QED) is 0.540. The first-order valence-electron chi connectivity index (χ1n) is 8.32. The van der Waals surface area contributed by atoms with Crippen LogP contribution in [0.1, 0.15) is 16.8 Å². The molecule has 10 heteroatoms. The van der Waals surface area contributed by atoms with Gasteiger partial charge in [-0.15, -0.1) is 11.3 Å². The SMILES string of the molecule is Cc1ccnc(Nc2nc(CC(=O)NCc3ccc(S(N)(=O)=O)cc3)cs2)c1. The van der Waals surface area contributed by atoms with E-state index in [9.17, 15) is 13.2 Å². The Labute approximate surface area is 166 Å². The third-order valence-electron chi connectivity index (χ3n) is 3.79. The minimum Gasteiger partial charge on any atom is -0.352 e. The number of nitrogens with zero attached hydrogens (tertiary/aromatic N) is 2. The molecule has 0 radical (unpaired) electrons. The lowest BCUT2D eigenvalue weighted by atomic mass is 10.2. The Morgan fingerprint density at radius 3 is 2.64 bits per heavy atom. The number of primary sulfonamides is 1. The van der Waals surface area contributed by atoms with Crippen LogP contribution in [0.4, 0.5) is 10.9 Å². The summed E-state index contributed by atoms with van der Waals surface area (Å²) in [6.45, 7) is 2.26. The Hall–Kier alpha value is -2.82. The molecular weight excluding hydrogens is 398 g/mol. The van der Waals surface area contributed by atoms with Crippen LogP contribution in [0, 0.1) is 6.92 Å². The first-order valence-corrected chi connectivity index (χ1v) is 10.7. The topological polar surface area (TPSA) is 127 Å². The lowest BCUT2D eigenvalue weighted by Crippen LogP contribution is -2.24. The summed E-state index contributed by atoms with van der Waals surface area (Å²) in [7, 11) is -3.72. The molecular formula is C18H19N5O3S2. The van der Waals surface area contributed by atoms with Crippen LogP contribution in [0.2, 0.25) is 0 Å². The molecule has 2 aromatic heterocycles. The van der Waals surface area contributed by atoms with Crippen LogP contribution in [0.5, 0.6) is 0 Å². The van der Waals surface area contributed by atoms with E-state index in [2.05, 4.69) is 20.6 Å². The van der Waals surface area contributed by atoms with Crippen molar-refractivity contribution in [2.75, 3.05) is 5.32 Å². The number of aromatic nitrogens is 2. The molecule has 1 amide bonds. The molecule has 28 heavy (non-hydrogen) atoms. The summed E-state index contributed by atoms with van der Waals surface area (Å²) in [5, 5.41) is 13.4. The van der Waals surface area contributed by atoms with Gasteiger partial charge in [-0.3, -0.25) is 4.79 Å². The number of benzene rings is 1. The van der Waals surface area contributed by atoms with Gasteiger partial charge in [-0.1, -0.05) is 12.1 Å². The molecule has 0 spiro atoms. The largest absolute Gasteiger partial charge is 0.352 e. The number of aryl methyl sites for hydroxylation is 1. The highest BCUT2D eigenvalue weighted by Gasteiger charge is 2.10. The Balaban J connectivity index is 1.52. The van der Waals surface area contributed by atoms with E-state index in [0.29, 0.717) is 16.6 Å². The molecule has 4 N–H and O–H groups in total. The number of pyridine rings is 1. The molecule has 0 saturated heterocycles. The van der Waals surface area contributed by atoms with Crippen molar-refractivity contribution in [2.45, 2.75) is 24.8 Å². The van der Waals surface area contributed by atoms with Crippen LogP contribution in [-0.2, 0) is 27.8 Å². The predicted octanol–water partition coefficient (Wildman–Crippen LogP) is 2.10. The van der Waals surface area contributed by atoms with Crippen LogP contribution < -0.4 is 15.8 Å². The molecule has 1 aromatic carbocycles. The fourth-order valence-corrected chi connectivity index (χ4v) is 3.62. The van der Waals surface area contributed by atoms with E-state index in [4.69, 9.17) is 5.14 Å². The van der Waals surface area contributed by atoms with E-state index in [1.54, 1.807) is 18.3 Å².